The van der Waals surface area contributed by atoms with Gasteiger partial charge in [0.2, 0.25) is 0 Å². The number of fused-ring (bicyclic) bond motifs is 2. The van der Waals surface area contributed by atoms with Gasteiger partial charge in [-0.25, -0.2) is 0 Å². The van der Waals surface area contributed by atoms with Crippen LogP contribution in [0.5, 0.6) is 0 Å². The molecule has 0 spiro atoms. The van der Waals surface area contributed by atoms with Gasteiger partial charge in [-0.3, -0.25) is 4.90 Å². The second kappa shape index (κ2) is 3.08. The molecule has 0 aliphatic carbocycles. The van der Waals surface area contributed by atoms with E-state index in [1.807, 2.05) is 0 Å². The van der Waals surface area contributed by atoms with Crippen molar-refractivity contribution in [2.45, 2.75) is 24.8 Å². The molecule has 0 N–H and O–H groups in total. The van der Waals surface area contributed by atoms with Crippen LogP contribution in [0.3, 0.4) is 0 Å². The van der Waals surface area contributed by atoms with E-state index in [1.165, 1.54) is 11.1 Å². The van der Waals surface area contributed by atoms with Crippen molar-refractivity contribution in [2.75, 3.05) is 13.1 Å². The lowest BCUT2D eigenvalue weighted by Crippen LogP contribution is -2.37. The van der Waals surface area contributed by atoms with Gasteiger partial charge in [0.25, 0.3) is 0 Å². The molecule has 0 aromatic heterocycles. The van der Waals surface area contributed by atoms with Crippen molar-refractivity contribution in [1.29, 1.82) is 5.26 Å². The molecule has 15 heavy (non-hydrogen) atoms. The minimum absolute atomic E-state index is 0.191. The molecule has 76 valence electrons. The number of rotatable bonds is 0. The highest BCUT2D eigenvalue weighted by Crippen LogP contribution is 2.40. The van der Waals surface area contributed by atoms with Crippen molar-refractivity contribution in [3.05, 3.63) is 35.4 Å². The van der Waals surface area contributed by atoms with Gasteiger partial charge in [-0.1, -0.05) is 24.3 Å². The Bertz CT molecular complexity index is 422. The van der Waals surface area contributed by atoms with Crippen LogP contribution in [-0.2, 0) is 12.0 Å². The molecule has 2 nitrogen and oxygen atoms in total. The van der Waals surface area contributed by atoms with E-state index in [-0.39, 0.29) is 5.41 Å². The predicted molar refractivity (Wildman–Crippen MR) is 58.2 cm³/mol. The fraction of sp³-hybridized carbons (Fsp3) is 0.462. The van der Waals surface area contributed by atoms with Crippen molar-refractivity contribution < 1.29 is 0 Å². The lowest BCUT2D eigenvalue weighted by molar-refractivity contribution is 0.197. The molecule has 2 bridgehead atoms. The Hall–Kier alpha value is -1.33. The maximum atomic E-state index is 9.47. The second-order valence-corrected chi connectivity index (χ2v) is 4.63. The van der Waals surface area contributed by atoms with E-state index in [0.717, 1.165) is 32.5 Å². The lowest BCUT2D eigenvalue weighted by atomic mass is 9.74. The molecule has 1 saturated heterocycles. The standard InChI is InChI=1S/C13H14N2/c14-10-13-5-7-15(8-6-13)9-11-3-1-2-4-12(11)13/h1-4H,5-9H2. The summed E-state index contributed by atoms with van der Waals surface area (Å²) in [5.41, 5.74) is 2.45. The molecular formula is C13H14N2. The van der Waals surface area contributed by atoms with E-state index in [0.29, 0.717) is 0 Å². The van der Waals surface area contributed by atoms with Crippen LogP contribution in [-0.4, -0.2) is 18.0 Å². The Kier molecular flexibility index (Phi) is 1.83. The van der Waals surface area contributed by atoms with Crippen LogP contribution in [0.15, 0.2) is 24.3 Å². The molecule has 0 saturated carbocycles. The summed E-state index contributed by atoms with van der Waals surface area (Å²) in [6, 6.07) is 11.0. The summed E-state index contributed by atoms with van der Waals surface area (Å²) in [4.78, 5) is 2.46. The van der Waals surface area contributed by atoms with Crippen LogP contribution in [0.4, 0.5) is 0 Å². The molecule has 3 aliphatic rings. The van der Waals surface area contributed by atoms with Gasteiger partial charge in [-0.15, -0.1) is 0 Å². The topological polar surface area (TPSA) is 27.0 Å². The van der Waals surface area contributed by atoms with Gasteiger partial charge >= 0.3 is 0 Å². The molecule has 0 atom stereocenters. The van der Waals surface area contributed by atoms with Crippen LogP contribution >= 0.6 is 0 Å². The fourth-order valence-corrected chi connectivity index (χ4v) is 2.90. The van der Waals surface area contributed by atoms with Crippen LogP contribution in [0.1, 0.15) is 24.0 Å². The highest BCUT2D eigenvalue weighted by molar-refractivity contribution is 5.41. The predicted octanol–water partition coefficient (Wildman–Crippen LogP) is 2.06. The van der Waals surface area contributed by atoms with E-state index in [1.54, 1.807) is 0 Å². The van der Waals surface area contributed by atoms with Crippen LogP contribution in [0, 0.1) is 11.3 Å². The van der Waals surface area contributed by atoms with Crippen LogP contribution < -0.4 is 0 Å². The average molecular weight is 198 g/mol. The zero-order chi connectivity index (χ0) is 10.3. The van der Waals surface area contributed by atoms with E-state index < -0.39 is 0 Å². The zero-order valence-corrected chi connectivity index (χ0v) is 8.74. The number of benzene rings is 1. The van der Waals surface area contributed by atoms with Crippen molar-refractivity contribution in [2.24, 2.45) is 0 Å². The summed E-state index contributed by atoms with van der Waals surface area (Å²) in [7, 11) is 0. The van der Waals surface area contributed by atoms with Gasteiger partial charge in [0.1, 0.15) is 0 Å². The summed E-state index contributed by atoms with van der Waals surface area (Å²) in [5.74, 6) is 0. The first kappa shape index (κ1) is 8.94. The van der Waals surface area contributed by atoms with Crippen molar-refractivity contribution in [3.8, 4) is 6.07 Å². The Labute approximate surface area is 90.1 Å². The lowest BCUT2D eigenvalue weighted by Gasteiger charge is -2.32. The normalized spacial score (nSPS) is 32.9. The SMILES string of the molecule is N#CC12CCN(CC1)Cc1ccccc12. The smallest absolute Gasteiger partial charge is 0.0849 e. The maximum absolute atomic E-state index is 9.47. The highest BCUT2D eigenvalue weighted by atomic mass is 15.1. The minimum atomic E-state index is -0.191. The van der Waals surface area contributed by atoms with E-state index in [4.69, 9.17) is 0 Å². The Morgan fingerprint density at radius 1 is 1.20 bits per heavy atom. The fourth-order valence-electron chi connectivity index (χ4n) is 2.90. The van der Waals surface area contributed by atoms with Gasteiger partial charge in [-0.05, 0) is 24.0 Å². The van der Waals surface area contributed by atoms with Crippen molar-refractivity contribution in [3.63, 3.8) is 0 Å². The van der Waals surface area contributed by atoms with Crippen molar-refractivity contribution in [1.82, 2.24) is 4.90 Å². The first-order chi connectivity index (χ1) is 7.34. The van der Waals surface area contributed by atoms with Gasteiger partial charge < -0.3 is 0 Å². The molecule has 0 amide bonds. The summed E-state index contributed by atoms with van der Waals surface area (Å²) < 4.78 is 0. The average Bonchev–Trinajstić information content (AvgIpc) is 2.56. The van der Waals surface area contributed by atoms with Gasteiger partial charge in [0, 0.05) is 19.6 Å². The van der Waals surface area contributed by atoms with E-state index in [9.17, 15) is 5.26 Å². The monoisotopic (exact) mass is 198 g/mol. The summed E-state index contributed by atoms with van der Waals surface area (Å²) >= 11 is 0. The molecule has 3 heterocycles. The first-order valence-corrected chi connectivity index (χ1v) is 5.56. The molecule has 1 aromatic rings. The first-order valence-electron chi connectivity index (χ1n) is 5.56. The highest BCUT2D eigenvalue weighted by Gasteiger charge is 2.40. The molecule has 1 fully saturated rings. The molecule has 0 unspecified atom stereocenters. The largest absolute Gasteiger partial charge is 0.299 e. The molecule has 3 aliphatic heterocycles. The summed E-state index contributed by atoms with van der Waals surface area (Å²) in [6.45, 7) is 3.17. The zero-order valence-electron chi connectivity index (χ0n) is 8.74. The molecular weight excluding hydrogens is 184 g/mol. The Balaban J connectivity index is 2.21. The quantitative estimate of drug-likeness (QED) is 0.638. The van der Waals surface area contributed by atoms with E-state index in [2.05, 4.69) is 35.2 Å². The molecule has 4 rings (SSSR count). The van der Waals surface area contributed by atoms with Crippen molar-refractivity contribution >= 4 is 0 Å². The van der Waals surface area contributed by atoms with Gasteiger partial charge in [-0.2, -0.15) is 5.26 Å². The van der Waals surface area contributed by atoms with Gasteiger partial charge in [0.05, 0.1) is 11.5 Å². The maximum Gasteiger partial charge on any atom is 0.0849 e. The molecule has 1 aromatic carbocycles. The number of piperidine rings is 1. The van der Waals surface area contributed by atoms with Crippen LogP contribution in [0.2, 0.25) is 0 Å². The Morgan fingerprint density at radius 2 is 1.93 bits per heavy atom. The number of nitrogens with zero attached hydrogens (tertiary/aromatic N) is 2. The third-order valence-corrected chi connectivity index (χ3v) is 3.85. The summed E-state index contributed by atoms with van der Waals surface area (Å²) in [6.07, 6.45) is 2.00. The van der Waals surface area contributed by atoms with Crippen LogP contribution in [0.25, 0.3) is 0 Å². The third kappa shape index (κ3) is 1.20. The third-order valence-electron chi connectivity index (χ3n) is 3.85. The second-order valence-electron chi connectivity index (χ2n) is 4.63. The number of hydrogen-bond donors (Lipinski definition) is 0. The molecule has 0 radical (unpaired) electrons. The van der Waals surface area contributed by atoms with Gasteiger partial charge in [0.15, 0.2) is 0 Å². The van der Waals surface area contributed by atoms with E-state index >= 15 is 0 Å². The summed E-state index contributed by atoms with van der Waals surface area (Å²) in [5, 5.41) is 9.47. The number of nitriles is 1. The molecule has 2 heteroatoms. The minimum Gasteiger partial charge on any atom is -0.299 e. The Morgan fingerprint density at radius 3 is 2.67 bits per heavy atom. The number of hydrogen-bond acceptors (Lipinski definition) is 2.